The zero-order chi connectivity index (χ0) is 27.3. The van der Waals surface area contributed by atoms with Gasteiger partial charge in [-0.3, -0.25) is 4.79 Å². The summed E-state index contributed by atoms with van der Waals surface area (Å²) in [6, 6.07) is 0.350. The van der Waals surface area contributed by atoms with Gasteiger partial charge in [0.05, 0.1) is 59.5 Å². The lowest BCUT2D eigenvalue weighted by molar-refractivity contribution is -0.123. The molecule has 9 heteroatoms. The Morgan fingerprint density at radius 1 is 0.816 bits per heavy atom. The maximum absolute atomic E-state index is 11.9. The molecule has 2 amide bonds. The van der Waals surface area contributed by atoms with Crippen LogP contribution in [0.25, 0.3) is 0 Å². The molecule has 2 N–H and O–H groups in total. The van der Waals surface area contributed by atoms with Crippen molar-refractivity contribution < 1.29 is 33.3 Å². The highest BCUT2D eigenvalue weighted by Gasteiger charge is 2.48. The molecule has 3 atom stereocenters. The van der Waals surface area contributed by atoms with Crippen LogP contribution < -0.4 is 10.6 Å². The molecule has 0 radical (unpaired) electrons. The van der Waals surface area contributed by atoms with Crippen molar-refractivity contribution in [1.29, 1.82) is 0 Å². The second-order valence-electron chi connectivity index (χ2n) is 10.2. The number of carbonyl (C=O) groups excluding carboxylic acids is 2. The average Bonchev–Trinajstić information content (AvgIpc) is 3.61. The summed E-state index contributed by atoms with van der Waals surface area (Å²) in [5.74, 6) is 1.95. The highest BCUT2D eigenvalue weighted by Crippen LogP contribution is 2.51. The van der Waals surface area contributed by atoms with Crippen molar-refractivity contribution in [3.05, 3.63) is 12.2 Å². The van der Waals surface area contributed by atoms with E-state index < -0.39 is 0 Å². The Bertz CT molecular complexity index is 655. The maximum atomic E-state index is 11.9. The van der Waals surface area contributed by atoms with E-state index in [1.54, 1.807) is 0 Å². The standard InChI is InChI=1S/C29H52N2O7/c1-3-5-7-12-26-25(4-2)27(26)23-38-29(33)30-14-16-35-18-20-37-22-21-36-19-17-34-15-13-28(32)31-24-10-8-6-9-11-24/h3,5,24-27H,4,6-23H2,1-2H3,(H,30,33)(H,31,32)/b5-3-/t25?,26?,27-/m0/s1. The van der Waals surface area contributed by atoms with E-state index in [9.17, 15) is 9.59 Å². The van der Waals surface area contributed by atoms with Crippen LogP contribution in [-0.4, -0.2) is 84.0 Å². The van der Waals surface area contributed by atoms with Crippen LogP contribution in [0.15, 0.2) is 12.2 Å². The van der Waals surface area contributed by atoms with Crippen molar-refractivity contribution in [3.8, 4) is 0 Å². The number of nitrogens with one attached hydrogen (secondary N) is 2. The van der Waals surface area contributed by atoms with Crippen LogP contribution in [0, 0.1) is 17.8 Å². The molecule has 2 rings (SSSR count). The van der Waals surface area contributed by atoms with Gasteiger partial charge in [0.25, 0.3) is 0 Å². The molecule has 0 aliphatic heterocycles. The van der Waals surface area contributed by atoms with Gasteiger partial charge in [0, 0.05) is 19.0 Å². The quantitative estimate of drug-likeness (QED) is 0.156. The molecule has 38 heavy (non-hydrogen) atoms. The van der Waals surface area contributed by atoms with Crippen LogP contribution in [0.1, 0.15) is 71.6 Å². The highest BCUT2D eigenvalue weighted by molar-refractivity contribution is 5.76. The summed E-state index contributed by atoms with van der Waals surface area (Å²) in [4.78, 5) is 23.8. The second-order valence-corrected chi connectivity index (χ2v) is 10.2. The molecule has 2 saturated carbocycles. The Balaban J connectivity index is 1.28. The maximum Gasteiger partial charge on any atom is 0.407 e. The first kappa shape index (κ1) is 32.5. The monoisotopic (exact) mass is 540 g/mol. The lowest BCUT2D eigenvalue weighted by Gasteiger charge is -2.22. The van der Waals surface area contributed by atoms with Crippen LogP contribution in [-0.2, 0) is 28.5 Å². The number of amides is 2. The first-order chi connectivity index (χ1) is 18.7. The summed E-state index contributed by atoms with van der Waals surface area (Å²) in [5, 5.41) is 5.83. The average molecular weight is 541 g/mol. The fourth-order valence-corrected chi connectivity index (χ4v) is 5.18. The van der Waals surface area contributed by atoms with Gasteiger partial charge in [0.15, 0.2) is 0 Å². The molecule has 0 aromatic carbocycles. The number of allylic oxidation sites excluding steroid dienone is 2. The number of alkyl carbamates (subject to hydrolysis) is 1. The van der Waals surface area contributed by atoms with E-state index in [1.807, 2.05) is 6.92 Å². The molecular formula is C29H52N2O7. The summed E-state index contributed by atoms with van der Waals surface area (Å²) in [6.07, 6.45) is 13.6. The zero-order valence-electron chi connectivity index (χ0n) is 23.8. The molecule has 2 unspecified atom stereocenters. The van der Waals surface area contributed by atoms with E-state index in [4.69, 9.17) is 23.7 Å². The van der Waals surface area contributed by atoms with Crippen LogP contribution in [0.2, 0.25) is 0 Å². The van der Waals surface area contributed by atoms with Gasteiger partial charge in [-0.05, 0) is 50.4 Å². The first-order valence-electron chi connectivity index (χ1n) is 14.8. The molecular weight excluding hydrogens is 488 g/mol. The molecule has 0 heterocycles. The number of hydrogen-bond donors (Lipinski definition) is 2. The zero-order valence-corrected chi connectivity index (χ0v) is 23.8. The molecule has 2 aliphatic carbocycles. The van der Waals surface area contributed by atoms with E-state index in [1.165, 1.54) is 25.7 Å². The van der Waals surface area contributed by atoms with Gasteiger partial charge in [0.2, 0.25) is 5.91 Å². The van der Waals surface area contributed by atoms with Crippen LogP contribution in [0.5, 0.6) is 0 Å². The van der Waals surface area contributed by atoms with Crippen LogP contribution in [0.3, 0.4) is 0 Å². The molecule has 2 fully saturated rings. The van der Waals surface area contributed by atoms with Gasteiger partial charge in [-0.25, -0.2) is 4.79 Å². The smallest absolute Gasteiger partial charge is 0.407 e. The minimum Gasteiger partial charge on any atom is -0.449 e. The SMILES string of the molecule is C/C=C\CCC1C(CC)[C@@H]1COC(=O)NCCOCCOCCOCCOCCC(=O)NC1CCCCC1. The van der Waals surface area contributed by atoms with Crippen LogP contribution in [0.4, 0.5) is 4.79 Å². The van der Waals surface area contributed by atoms with Gasteiger partial charge < -0.3 is 34.3 Å². The molecule has 0 aromatic rings. The number of rotatable bonds is 22. The Labute approximate surface area is 229 Å². The van der Waals surface area contributed by atoms with Crippen molar-refractivity contribution in [3.63, 3.8) is 0 Å². The highest BCUT2D eigenvalue weighted by atomic mass is 16.6. The number of hydrogen-bond acceptors (Lipinski definition) is 7. The normalized spacial score (nSPS) is 21.5. The third-order valence-electron chi connectivity index (χ3n) is 7.37. The molecule has 0 saturated heterocycles. The predicted molar refractivity (Wildman–Crippen MR) is 147 cm³/mol. The number of ether oxygens (including phenoxy) is 5. The lowest BCUT2D eigenvalue weighted by atomic mass is 9.95. The van der Waals surface area contributed by atoms with E-state index in [0.29, 0.717) is 96.2 Å². The van der Waals surface area contributed by atoms with Crippen molar-refractivity contribution in [2.45, 2.75) is 77.7 Å². The van der Waals surface area contributed by atoms with E-state index in [-0.39, 0.29) is 12.0 Å². The summed E-state index contributed by atoms with van der Waals surface area (Å²) < 4.78 is 27.3. The van der Waals surface area contributed by atoms with Gasteiger partial charge in [0.1, 0.15) is 0 Å². The van der Waals surface area contributed by atoms with E-state index in [0.717, 1.165) is 25.7 Å². The van der Waals surface area contributed by atoms with E-state index >= 15 is 0 Å². The molecule has 0 bridgehead atoms. The molecule has 220 valence electrons. The summed E-state index contributed by atoms with van der Waals surface area (Å²) in [6.45, 7) is 8.83. The Morgan fingerprint density at radius 2 is 1.45 bits per heavy atom. The summed E-state index contributed by atoms with van der Waals surface area (Å²) >= 11 is 0. The predicted octanol–water partition coefficient (Wildman–Crippen LogP) is 4.25. The molecule has 2 aliphatic rings. The van der Waals surface area contributed by atoms with Crippen molar-refractivity contribution in [2.75, 3.05) is 66.0 Å². The molecule has 0 aromatic heterocycles. The number of carbonyl (C=O) groups is 2. The topological polar surface area (TPSA) is 104 Å². The minimum atomic E-state index is -0.373. The Kier molecular flexibility index (Phi) is 18.1. The van der Waals surface area contributed by atoms with Gasteiger partial charge in [-0.2, -0.15) is 0 Å². The Morgan fingerprint density at radius 3 is 2.08 bits per heavy atom. The largest absolute Gasteiger partial charge is 0.449 e. The van der Waals surface area contributed by atoms with Crippen molar-refractivity contribution in [2.24, 2.45) is 17.8 Å². The van der Waals surface area contributed by atoms with E-state index in [2.05, 4.69) is 29.7 Å². The fraction of sp³-hybridized carbons (Fsp3) is 0.862. The molecule has 0 spiro atoms. The van der Waals surface area contributed by atoms with Gasteiger partial charge >= 0.3 is 6.09 Å². The third kappa shape index (κ3) is 15.0. The summed E-state index contributed by atoms with van der Waals surface area (Å²) in [5.41, 5.74) is 0. The first-order valence-corrected chi connectivity index (χ1v) is 14.8. The third-order valence-corrected chi connectivity index (χ3v) is 7.37. The summed E-state index contributed by atoms with van der Waals surface area (Å²) in [7, 11) is 0. The van der Waals surface area contributed by atoms with Crippen LogP contribution >= 0.6 is 0 Å². The Hall–Kier alpha value is -1.68. The second kappa shape index (κ2) is 21.2. The molecule has 9 nitrogen and oxygen atoms in total. The minimum absolute atomic E-state index is 0.0761. The van der Waals surface area contributed by atoms with Crippen molar-refractivity contribution >= 4 is 12.0 Å². The lowest BCUT2D eigenvalue weighted by Crippen LogP contribution is -2.36. The van der Waals surface area contributed by atoms with Crippen molar-refractivity contribution in [1.82, 2.24) is 10.6 Å². The van der Waals surface area contributed by atoms with Gasteiger partial charge in [-0.15, -0.1) is 0 Å². The van der Waals surface area contributed by atoms with Gasteiger partial charge in [-0.1, -0.05) is 44.8 Å². The fourth-order valence-electron chi connectivity index (χ4n) is 5.18.